The molecule has 0 unspecified atom stereocenters. The maximum Gasteiger partial charge on any atom is 0.237 e. The molecule has 6 nitrogen and oxygen atoms in total. The highest BCUT2D eigenvalue weighted by Gasteiger charge is 2.70. The Hall–Kier alpha value is -0.780. The average Bonchev–Trinajstić information content (AvgIpc) is 2.56. The number of nitrogens with zero attached hydrogens (tertiary/aromatic N) is 1. The summed E-state index contributed by atoms with van der Waals surface area (Å²) in [6, 6.07) is 2.27. The van der Waals surface area contributed by atoms with Crippen molar-refractivity contribution in [2.24, 2.45) is 22.7 Å². The quantitative estimate of drug-likeness (QED) is 0.677. The molecule has 0 amide bonds. The number of carbonyl (C=O) groups is 1. The molecule has 1 saturated heterocycles. The van der Waals surface area contributed by atoms with Crippen LogP contribution in [0.15, 0.2) is 10.6 Å². The monoisotopic (exact) mass is 399 g/mol. The first-order chi connectivity index (χ1) is 11.3. The van der Waals surface area contributed by atoms with Gasteiger partial charge in [-0.25, -0.2) is 0 Å². The molecule has 2 fully saturated rings. The van der Waals surface area contributed by atoms with E-state index in [-0.39, 0.29) is 17.1 Å². The van der Waals surface area contributed by atoms with Crippen molar-refractivity contribution in [2.75, 3.05) is 27.4 Å². The minimum atomic E-state index is -1.43. The lowest BCUT2D eigenvalue weighted by molar-refractivity contribution is -0.294. The summed E-state index contributed by atoms with van der Waals surface area (Å²) in [5.41, 5.74) is -1.38. The number of hydrogen-bond donors (Lipinski definition) is 0. The van der Waals surface area contributed by atoms with E-state index in [1.807, 2.05) is 13.8 Å². The second-order valence-corrected chi connectivity index (χ2v) is 8.37. The molecule has 3 aliphatic carbocycles. The van der Waals surface area contributed by atoms with Crippen molar-refractivity contribution >= 4 is 21.7 Å². The molecule has 7 heteroatoms. The minimum Gasteiger partial charge on any atom is -0.351 e. The van der Waals surface area contributed by atoms with Gasteiger partial charge in [0.1, 0.15) is 5.41 Å². The van der Waals surface area contributed by atoms with Gasteiger partial charge in [-0.3, -0.25) is 4.79 Å². The lowest BCUT2D eigenvalue weighted by atomic mass is 9.55. The molecular weight excluding hydrogens is 378 g/mol. The van der Waals surface area contributed by atoms with Gasteiger partial charge < -0.3 is 18.9 Å². The summed E-state index contributed by atoms with van der Waals surface area (Å²) in [6.45, 7) is 4.96. The van der Waals surface area contributed by atoms with Crippen LogP contribution in [0.3, 0.4) is 0 Å². The number of carbonyl (C=O) groups excluding carboxylic acids is 1. The second kappa shape index (κ2) is 5.89. The zero-order valence-corrected chi connectivity index (χ0v) is 15.9. The summed E-state index contributed by atoms with van der Waals surface area (Å²) in [5, 5.41) is 9.69. The number of ketones is 1. The van der Waals surface area contributed by atoms with Gasteiger partial charge in [0.25, 0.3) is 0 Å². The van der Waals surface area contributed by atoms with Gasteiger partial charge in [-0.1, -0.05) is 35.9 Å². The van der Waals surface area contributed by atoms with E-state index in [0.29, 0.717) is 19.6 Å². The molecule has 0 aromatic rings. The fraction of sp³-hybridized carbons (Fsp3) is 0.765. The molecule has 1 heterocycles. The second-order valence-electron chi connectivity index (χ2n) is 7.46. The molecule has 0 aromatic heterocycles. The van der Waals surface area contributed by atoms with Crippen LogP contribution in [0.4, 0.5) is 0 Å². The molecule has 0 radical (unpaired) electrons. The van der Waals surface area contributed by atoms with Crippen LogP contribution >= 0.6 is 15.9 Å². The van der Waals surface area contributed by atoms with Crippen LogP contribution in [0.1, 0.15) is 20.3 Å². The van der Waals surface area contributed by atoms with Gasteiger partial charge in [-0.05, 0) is 6.42 Å². The van der Waals surface area contributed by atoms with E-state index < -0.39 is 23.4 Å². The van der Waals surface area contributed by atoms with Crippen LogP contribution < -0.4 is 0 Å². The molecule has 4 aliphatic rings. The first-order valence-electron chi connectivity index (χ1n) is 7.93. The SMILES string of the molecule is COC1(OC)C(=O)[C@]2(C3OCC(C)(C)CO3)C=C(Br)[C@@H]1C[C@H]2C#N. The number of fused-ring (bicyclic) bond motifs is 2. The van der Waals surface area contributed by atoms with E-state index in [4.69, 9.17) is 18.9 Å². The molecule has 2 bridgehead atoms. The third-order valence-electron chi connectivity index (χ3n) is 5.33. The first-order valence-corrected chi connectivity index (χ1v) is 8.73. The van der Waals surface area contributed by atoms with Crippen LogP contribution in [0.25, 0.3) is 0 Å². The number of halogens is 1. The summed E-state index contributed by atoms with van der Waals surface area (Å²) >= 11 is 3.54. The maximum atomic E-state index is 13.4. The summed E-state index contributed by atoms with van der Waals surface area (Å²) in [6.07, 6.45) is 1.38. The number of ether oxygens (including phenoxy) is 4. The molecule has 4 rings (SSSR count). The lowest BCUT2D eigenvalue weighted by Crippen LogP contribution is -2.69. The van der Waals surface area contributed by atoms with E-state index in [1.54, 1.807) is 6.08 Å². The number of hydrogen-bond acceptors (Lipinski definition) is 6. The standard InChI is InChI=1S/C17H22BrNO5/c1-15(2)8-23-14(24-9-15)16-6-12(18)11(5-10(16)7-19)17(21-3,22-4)13(16)20/h6,10-11,14H,5,8-9H2,1-4H3/t10-,11-,16-/m0/s1. The molecular formula is C17H22BrNO5. The van der Waals surface area contributed by atoms with Gasteiger partial charge in [0.05, 0.1) is 31.1 Å². The smallest absolute Gasteiger partial charge is 0.237 e. The third-order valence-corrected chi connectivity index (χ3v) is 6.11. The molecule has 3 atom stereocenters. The summed E-state index contributed by atoms with van der Waals surface area (Å²) in [7, 11) is 2.90. The van der Waals surface area contributed by atoms with E-state index in [1.165, 1.54) is 14.2 Å². The van der Waals surface area contributed by atoms with Gasteiger partial charge in [0.15, 0.2) is 6.29 Å². The molecule has 0 spiro atoms. The molecule has 0 aromatic carbocycles. The highest BCUT2D eigenvalue weighted by molar-refractivity contribution is 9.11. The molecule has 24 heavy (non-hydrogen) atoms. The molecule has 132 valence electrons. The average molecular weight is 400 g/mol. The van der Waals surface area contributed by atoms with Gasteiger partial charge in [0.2, 0.25) is 11.6 Å². The number of Topliss-reactive ketones (excluding diaryl/α,β-unsaturated/α-hetero) is 1. The minimum absolute atomic E-state index is 0.134. The Labute approximate surface area is 150 Å². The first kappa shape index (κ1) is 18.0. The van der Waals surface area contributed by atoms with Gasteiger partial charge in [0, 0.05) is 24.1 Å². The zero-order chi connectivity index (χ0) is 17.8. The van der Waals surface area contributed by atoms with Crippen molar-refractivity contribution in [3.8, 4) is 6.07 Å². The van der Waals surface area contributed by atoms with E-state index in [0.717, 1.165) is 4.48 Å². The van der Waals surface area contributed by atoms with Gasteiger partial charge in [-0.15, -0.1) is 0 Å². The van der Waals surface area contributed by atoms with E-state index in [9.17, 15) is 10.1 Å². The highest BCUT2D eigenvalue weighted by Crippen LogP contribution is 2.59. The van der Waals surface area contributed by atoms with Crippen molar-refractivity contribution in [1.82, 2.24) is 0 Å². The van der Waals surface area contributed by atoms with Crippen LogP contribution in [-0.2, 0) is 23.7 Å². The highest BCUT2D eigenvalue weighted by atomic mass is 79.9. The number of nitriles is 1. The Morgan fingerprint density at radius 1 is 1.29 bits per heavy atom. The zero-order valence-electron chi connectivity index (χ0n) is 14.3. The predicted molar refractivity (Wildman–Crippen MR) is 87.9 cm³/mol. The Morgan fingerprint density at radius 2 is 1.88 bits per heavy atom. The molecule has 1 saturated carbocycles. The van der Waals surface area contributed by atoms with Crippen molar-refractivity contribution in [3.05, 3.63) is 10.6 Å². The fourth-order valence-corrected chi connectivity index (χ4v) is 4.88. The Morgan fingerprint density at radius 3 is 2.38 bits per heavy atom. The molecule has 1 aliphatic heterocycles. The summed E-state index contributed by atoms with van der Waals surface area (Å²) < 4.78 is 23.7. The topological polar surface area (TPSA) is 77.8 Å². The van der Waals surface area contributed by atoms with Gasteiger partial charge in [-0.2, -0.15) is 5.26 Å². The van der Waals surface area contributed by atoms with Crippen LogP contribution in [-0.4, -0.2) is 45.3 Å². The Bertz CT molecular complexity index is 611. The van der Waals surface area contributed by atoms with E-state index in [2.05, 4.69) is 22.0 Å². The summed E-state index contributed by atoms with van der Waals surface area (Å²) in [5.74, 6) is -2.65. The number of rotatable bonds is 3. The lowest BCUT2D eigenvalue weighted by Gasteiger charge is -2.56. The normalized spacial score (nSPS) is 37.8. The third kappa shape index (κ3) is 2.24. The molecule has 0 N–H and O–H groups in total. The largest absolute Gasteiger partial charge is 0.351 e. The Kier molecular flexibility index (Phi) is 4.42. The van der Waals surface area contributed by atoms with Crippen molar-refractivity contribution < 1.29 is 23.7 Å². The van der Waals surface area contributed by atoms with Crippen molar-refractivity contribution in [1.29, 1.82) is 5.26 Å². The Balaban J connectivity index is 2.09. The van der Waals surface area contributed by atoms with Crippen molar-refractivity contribution in [3.63, 3.8) is 0 Å². The van der Waals surface area contributed by atoms with Crippen molar-refractivity contribution in [2.45, 2.75) is 32.3 Å². The maximum absolute atomic E-state index is 13.4. The summed E-state index contributed by atoms with van der Waals surface area (Å²) in [4.78, 5) is 13.4. The fourth-order valence-electron chi connectivity index (χ4n) is 4.01. The van der Waals surface area contributed by atoms with Crippen LogP contribution in [0, 0.1) is 34.0 Å². The van der Waals surface area contributed by atoms with Crippen LogP contribution in [0.2, 0.25) is 0 Å². The van der Waals surface area contributed by atoms with E-state index >= 15 is 0 Å². The predicted octanol–water partition coefficient (Wildman–Crippen LogP) is 2.38. The van der Waals surface area contributed by atoms with Gasteiger partial charge >= 0.3 is 0 Å². The van der Waals surface area contributed by atoms with Crippen LogP contribution in [0.5, 0.6) is 0 Å². The number of methoxy groups -OCH3 is 2.